The zero-order chi connectivity index (χ0) is 17.1. The van der Waals surface area contributed by atoms with E-state index < -0.39 is 0 Å². The van der Waals surface area contributed by atoms with Crippen LogP contribution < -0.4 is 9.47 Å². The summed E-state index contributed by atoms with van der Waals surface area (Å²) in [5.41, 5.74) is 0.450. The van der Waals surface area contributed by atoms with E-state index >= 15 is 0 Å². The summed E-state index contributed by atoms with van der Waals surface area (Å²) in [6, 6.07) is 5.72. The van der Waals surface area contributed by atoms with Crippen LogP contribution in [-0.4, -0.2) is 68.9 Å². The molecule has 2 heterocycles. The van der Waals surface area contributed by atoms with Crippen molar-refractivity contribution in [2.45, 2.75) is 18.9 Å². The van der Waals surface area contributed by atoms with Crippen LogP contribution in [0.25, 0.3) is 0 Å². The van der Waals surface area contributed by atoms with Gasteiger partial charge in [0.2, 0.25) is 6.79 Å². The monoisotopic (exact) mass is 333 g/mol. The van der Waals surface area contributed by atoms with Gasteiger partial charge in [0.15, 0.2) is 11.5 Å². The molecule has 7 nitrogen and oxygen atoms in total. The first kappa shape index (κ1) is 16.6. The highest BCUT2D eigenvalue weighted by molar-refractivity contribution is 6.01. The molecule has 2 aliphatic rings. The van der Waals surface area contributed by atoms with Crippen molar-refractivity contribution in [1.82, 2.24) is 9.80 Å². The molecule has 0 atom stereocenters. The number of benzene rings is 1. The van der Waals surface area contributed by atoms with Crippen LogP contribution in [0.1, 0.15) is 23.2 Å². The van der Waals surface area contributed by atoms with E-state index in [0.29, 0.717) is 29.1 Å². The van der Waals surface area contributed by atoms with Crippen LogP contribution in [0, 0.1) is 0 Å². The number of carbonyl (C=O) groups excluding carboxylic acids is 1. The maximum atomic E-state index is 12.5. The Morgan fingerprint density at radius 3 is 2.71 bits per heavy atom. The molecule has 0 unspecified atom stereocenters. The Bertz CT molecular complexity index is 639. The third-order valence-electron chi connectivity index (χ3n) is 4.54. The number of hydrogen-bond acceptors (Lipinski definition) is 5. The maximum Gasteiger partial charge on any atom is 0.295 e. The Hall–Kier alpha value is -2.28. The molecule has 0 spiro atoms. The van der Waals surface area contributed by atoms with Crippen molar-refractivity contribution in [1.29, 1.82) is 0 Å². The largest absolute Gasteiger partial charge is 0.468 e. The average Bonchev–Trinajstić information content (AvgIpc) is 3.07. The molecular formula is C17H23N3O4. The molecule has 7 heteroatoms. The Labute approximate surface area is 141 Å². The van der Waals surface area contributed by atoms with E-state index in [0.717, 1.165) is 25.9 Å². The number of ether oxygens (including phenoxy) is 3. The summed E-state index contributed by atoms with van der Waals surface area (Å²) in [6.45, 7) is 2.24. The van der Waals surface area contributed by atoms with Crippen molar-refractivity contribution >= 4 is 11.9 Å². The minimum absolute atomic E-state index is 0.179. The first-order chi connectivity index (χ1) is 11.6. The molecule has 1 amide bonds. The van der Waals surface area contributed by atoms with Crippen molar-refractivity contribution in [3.05, 3.63) is 23.8 Å². The number of fused-ring (bicyclic) bond motifs is 1. The molecule has 2 aliphatic heterocycles. The van der Waals surface area contributed by atoms with Gasteiger partial charge in [-0.1, -0.05) is 0 Å². The molecule has 0 radical (unpaired) electrons. The Morgan fingerprint density at radius 2 is 2.00 bits per heavy atom. The Kier molecular flexibility index (Phi) is 4.89. The number of methoxy groups -OCH3 is 1. The third kappa shape index (κ3) is 3.46. The van der Waals surface area contributed by atoms with E-state index in [4.69, 9.17) is 14.2 Å². The van der Waals surface area contributed by atoms with Gasteiger partial charge in [0.1, 0.15) is 0 Å². The smallest absolute Gasteiger partial charge is 0.295 e. The van der Waals surface area contributed by atoms with E-state index in [-0.39, 0.29) is 12.7 Å². The molecule has 1 saturated heterocycles. The number of aliphatic imine (C=N–C) groups is 1. The summed E-state index contributed by atoms with van der Waals surface area (Å²) >= 11 is 0. The highest BCUT2D eigenvalue weighted by Crippen LogP contribution is 2.32. The van der Waals surface area contributed by atoms with Gasteiger partial charge in [-0.15, -0.1) is 0 Å². The number of amidine groups is 1. The fourth-order valence-electron chi connectivity index (χ4n) is 2.99. The number of rotatable bonds is 2. The molecule has 1 aromatic carbocycles. The minimum atomic E-state index is -0.357. The van der Waals surface area contributed by atoms with Gasteiger partial charge in [0.05, 0.1) is 7.11 Å². The predicted molar refractivity (Wildman–Crippen MR) is 89.6 cm³/mol. The number of piperidine rings is 1. The van der Waals surface area contributed by atoms with Crippen LogP contribution in [0.4, 0.5) is 0 Å². The fourth-order valence-corrected chi connectivity index (χ4v) is 2.99. The topological polar surface area (TPSA) is 63.6 Å². The molecule has 0 N–H and O–H groups in total. The van der Waals surface area contributed by atoms with Gasteiger partial charge in [-0.2, -0.15) is 4.99 Å². The van der Waals surface area contributed by atoms with Gasteiger partial charge in [0, 0.05) is 18.7 Å². The van der Waals surface area contributed by atoms with Crippen molar-refractivity contribution in [3.8, 4) is 11.5 Å². The van der Waals surface area contributed by atoms with E-state index in [1.54, 1.807) is 18.2 Å². The van der Waals surface area contributed by atoms with E-state index in [2.05, 4.69) is 16.9 Å². The van der Waals surface area contributed by atoms with Crippen LogP contribution >= 0.6 is 0 Å². The van der Waals surface area contributed by atoms with Gasteiger partial charge < -0.3 is 24.0 Å². The van der Waals surface area contributed by atoms with E-state index in [1.807, 2.05) is 11.9 Å². The van der Waals surface area contributed by atoms with Crippen LogP contribution in [0.2, 0.25) is 0 Å². The lowest BCUT2D eigenvalue weighted by atomic mass is 10.0. The molecule has 24 heavy (non-hydrogen) atoms. The van der Waals surface area contributed by atoms with Crippen molar-refractivity contribution in [3.63, 3.8) is 0 Å². The average molecular weight is 333 g/mol. The number of carbonyl (C=O) groups is 1. The fraction of sp³-hybridized carbons (Fsp3) is 0.529. The first-order valence-electron chi connectivity index (χ1n) is 8.06. The summed E-state index contributed by atoms with van der Waals surface area (Å²) in [6.07, 6.45) is 2.04. The predicted octanol–water partition coefficient (Wildman–Crippen LogP) is 1.58. The zero-order valence-corrected chi connectivity index (χ0v) is 14.3. The van der Waals surface area contributed by atoms with Crippen LogP contribution in [0.5, 0.6) is 11.5 Å². The van der Waals surface area contributed by atoms with Crippen LogP contribution in [0.15, 0.2) is 23.2 Å². The van der Waals surface area contributed by atoms with Gasteiger partial charge in [-0.05, 0) is 51.2 Å². The number of amides is 1. The first-order valence-corrected chi connectivity index (χ1v) is 8.06. The molecule has 3 rings (SSSR count). The summed E-state index contributed by atoms with van der Waals surface area (Å²) in [4.78, 5) is 20.9. The highest BCUT2D eigenvalue weighted by Gasteiger charge is 2.24. The standard InChI is InChI=1S/C17H23N3O4/c1-19-8-6-13(7-9-19)20(2)17(22-3)18-16(21)12-4-5-14-15(10-12)24-11-23-14/h4-5,10,13H,6-9,11H2,1-3H3. The van der Waals surface area contributed by atoms with Crippen molar-refractivity contribution in [2.24, 2.45) is 4.99 Å². The second kappa shape index (κ2) is 7.09. The van der Waals surface area contributed by atoms with E-state index in [1.165, 1.54) is 7.11 Å². The number of nitrogens with zero attached hydrogens (tertiary/aromatic N) is 3. The van der Waals surface area contributed by atoms with Gasteiger partial charge in [0.25, 0.3) is 11.9 Å². The molecule has 130 valence electrons. The minimum Gasteiger partial charge on any atom is -0.468 e. The second-order valence-electron chi connectivity index (χ2n) is 6.12. The van der Waals surface area contributed by atoms with Gasteiger partial charge in [-0.3, -0.25) is 4.79 Å². The third-order valence-corrected chi connectivity index (χ3v) is 4.54. The van der Waals surface area contributed by atoms with Crippen LogP contribution in [0.3, 0.4) is 0 Å². The summed E-state index contributed by atoms with van der Waals surface area (Å²) in [5.74, 6) is 0.856. The lowest BCUT2D eigenvalue weighted by Crippen LogP contribution is -2.45. The number of hydrogen-bond donors (Lipinski definition) is 0. The molecule has 0 bridgehead atoms. The summed E-state index contributed by atoms with van der Waals surface area (Å²) in [5, 5.41) is 0. The normalized spacial score (nSPS) is 18.5. The van der Waals surface area contributed by atoms with Gasteiger partial charge in [-0.25, -0.2) is 0 Å². The van der Waals surface area contributed by atoms with Gasteiger partial charge >= 0.3 is 0 Å². The quantitative estimate of drug-likeness (QED) is 0.605. The SMILES string of the molecule is COC(=NC(=O)c1ccc2c(c1)OCO2)N(C)C1CCN(C)CC1. The summed E-state index contributed by atoms with van der Waals surface area (Å²) < 4.78 is 15.9. The Balaban J connectivity index is 1.73. The zero-order valence-electron chi connectivity index (χ0n) is 14.3. The van der Waals surface area contributed by atoms with Crippen LogP contribution in [-0.2, 0) is 4.74 Å². The lowest BCUT2D eigenvalue weighted by Gasteiger charge is -2.35. The van der Waals surface area contributed by atoms with E-state index in [9.17, 15) is 4.79 Å². The lowest BCUT2D eigenvalue weighted by molar-refractivity contribution is 0.0991. The molecule has 0 aromatic heterocycles. The molecule has 1 aromatic rings. The Morgan fingerprint density at radius 1 is 1.29 bits per heavy atom. The summed E-state index contributed by atoms with van der Waals surface area (Å²) in [7, 11) is 5.58. The molecular weight excluding hydrogens is 310 g/mol. The molecule has 0 aliphatic carbocycles. The molecule has 0 saturated carbocycles. The second-order valence-corrected chi connectivity index (χ2v) is 6.12. The molecule has 1 fully saturated rings. The number of likely N-dealkylation sites (tertiary alicyclic amines) is 1. The van der Waals surface area contributed by atoms with Crippen molar-refractivity contribution < 1.29 is 19.0 Å². The highest BCUT2D eigenvalue weighted by atomic mass is 16.7. The maximum absolute atomic E-state index is 12.5. The van der Waals surface area contributed by atoms with Crippen molar-refractivity contribution in [2.75, 3.05) is 41.1 Å².